The predicted octanol–water partition coefficient (Wildman–Crippen LogP) is 3.32. The first kappa shape index (κ1) is 11.0. The first-order valence-corrected chi connectivity index (χ1v) is 5.49. The largest absolute Gasteiger partial charge is 0.264 e. The fourth-order valence-electron chi connectivity index (χ4n) is 1.39. The molecule has 0 amide bonds. The second-order valence-electron chi connectivity index (χ2n) is 3.84. The lowest BCUT2D eigenvalue weighted by atomic mass is 10.1. The summed E-state index contributed by atoms with van der Waals surface area (Å²) in [6.45, 7) is 4.15. The summed E-state index contributed by atoms with van der Waals surface area (Å²) in [7, 11) is 0. The highest BCUT2D eigenvalue weighted by atomic mass is 35.5. The van der Waals surface area contributed by atoms with Gasteiger partial charge in [0.15, 0.2) is 0 Å². The first-order valence-electron chi connectivity index (χ1n) is 5.11. The van der Waals surface area contributed by atoms with Crippen molar-refractivity contribution >= 4 is 11.6 Å². The average Bonchev–Trinajstić information content (AvgIpc) is 2.29. The van der Waals surface area contributed by atoms with Gasteiger partial charge in [0.1, 0.15) is 0 Å². The Hall–Kier alpha value is -1.48. The first-order chi connectivity index (χ1) is 7.66. The molecule has 2 aromatic rings. The van der Waals surface area contributed by atoms with Crippen molar-refractivity contribution in [2.75, 3.05) is 0 Å². The van der Waals surface area contributed by atoms with Crippen molar-refractivity contribution in [2.24, 2.45) is 0 Å². The molecule has 2 aromatic heterocycles. The van der Waals surface area contributed by atoms with Crippen LogP contribution in [0.2, 0.25) is 5.28 Å². The summed E-state index contributed by atoms with van der Waals surface area (Å²) in [5.41, 5.74) is 2.71. The molecule has 3 nitrogen and oxygen atoms in total. The smallest absolute Gasteiger partial charge is 0.223 e. The zero-order valence-electron chi connectivity index (χ0n) is 9.18. The molecule has 0 atom stereocenters. The maximum absolute atomic E-state index is 5.90. The van der Waals surface area contributed by atoms with Crippen molar-refractivity contribution in [1.29, 1.82) is 0 Å². The van der Waals surface area contributed by atoms with Gasteiger partial charge in [-0.25, -0.2) is 9.97 Å². The monoisotopic (exact) mass is 233 g/mol. The van der Waals surface area contributed by atoms with Crippen LogP contribution in [-0.2, 0) is 0 Å². The van der Waals surface area contributed by atoms with E-state index >= 15 is 0 Å². The SMILES string of the molecule is CC(C)c1cc(-c2cccnc2)nc(Cl)n1. The van der Waals surface area contributed by atoms with E-state index < -0.39 is 0 Å². The molecular weight excluding hydrogens is 222 g/mol. The zero-order chi connectivity index (χ0) is 11.5. The minimum absolute atomic E-state index is 0.282. The van der Waals surface area contributed by atoms with E-state index in [1.807, 2.05) is 18.2 Å². The highest BCUT2D eigenvalue weighted by molar-refractivity contribution is 6.28. The van der Waals surface area contributed by atoms with Gasteiger partial charge in [-0.3, -0.25) is 4.98 Å². The van der Waals surface area contributed by atoms with Gasteiger partial charge in [0.25, 0.3) is 0 Å². The number of aromatic nitrogens is 3. The van der Waals surface area contributed by atoms with Gasteiger partial charge in [-0.1, -0.05) is 13.8 Å². The van der Waals surface area contributed by atoms with Crippen molar-refractivity contribution in [3.05, 3.63) is 41.6 Å². The van der Waals surface area contributed by atoms with Crippen LogP contribution in [0.5, 0.6) is 0 Å². The number of nitrogens with zero attached hydrogens (tertiary/aromatic N) is 3. The Morgan fingerprint density at radius 3 is 2.69 bits per heavy atom. The van der Waals surface area contributed by atoms with Crippen LogP contribution in [0.1, 0.15) is 25.5 Å². The van der Waals surface area contributed by atoms with Gasteiger partial charge in [-0.15, -0.1) is 0 Å². The van der Waals surface area contributed by atoms with E-state index in [2.05, 4.69) is 28.8 Å². The highest BCUT2D eigenvalue weighted by Gasteiger charge is 2.07. The molecule has 0 aliphatic rings. The molecule has 0 fully saturated rings. The molecule has 0 radical (unpaired) electrons. The molecule has 0 bridgehead atoms. The maximum atomic E-state index is 5.90. The van der Waals surface area contributed by atoms with Crippen LogP contribution >= 0.6 is 11.6 Å². The van der Waals surface area contributed by atoms with Crippen molar-refractivity contribution in [1.82, 2.24) is 15.0 Å². The van der Waals surface area contributed by atoms with Gasteiger partial charge < -0.3 is 0 Å². The average molecular weight is 234 g/mol. The van der Waals surface area contributed by atoms with Crippen LogP contribution < -0.4 is 0 Å². The molecule has 0 unspecified atom stereocenters. The van der Waals surface area contributed by atoms with E-state index in [9.17, 15) is 0 Å². The maximum Gasteiger partial charge on any atom is 0.223 e. The molecule has 0 spiro atoms. The summed E-state index contributed by atoms with van der Waals surface area (Å²) in [5.74, 6) is 0.330. The number of halogens is 1. The summed E-state index contributed by atoms with van der Waals surface area (Å²) in [6.07, 6.45) is 3.50. The quantitative estimate of drug-likeness (QED) is 0.747. The fourth-order valence-corrected chi connectivity index (χ4v) is 1.58. The Kier molecular flexibility index (Phi) is 3.15. The summed E-state index contributed by atoms with van der Waals surface area (Å²) < 4.78 is 0. The topological polar surface area (TPSA) is 38.7 Å². The van der Waals surface area contributed by atoms with Crippen molar-refractivity contribution in [3.63, 3.8) is 0 Å². The number of hydrogen-bond acceptors (Lipinski definition) is 3. The van der Waals surface area contributed by atoms with Gasteiger partial charge in [0.2, 0.25) is 5.28 Å². The van der Waals surface area contributed by atoms with E-state index in [4.69, 9.17) is 11.6 Å². The van der Waals surface area contributed by atoms with Crippen LogP contribution in [0.15, 0.2) is 30.6 Å². The summed E-state index contributed by atoms with van der Waals surface area (Å²) in [4.78, 5) is 12.5. The molecule has 2 rings (SSSR count). The molecule has 0 aliphatic heterocycles. The Labute approximate surface area is 99.5 Å². The zero-order valence-corrected chi connectivity index (χ0v) is 9.94. The van der Waals surface area contributed by atoms with E-state index in [0.29, 0.717) is 5.92 Å². The lowest BCUT2D eigenvalue weighted by molar-refractivity contribution is 0.815. The van der Waals surface area contributed by atoms with Crippen LogP contribution in [0.3, 0.4) is 0 Å². The van der Waals surface area contributed by atoms with Crippen LogP contribution in [0.25, 0.3) is 11.3 Å². The molecule has 16 heavy (non-hydrogen) atoms. The second kappa shape index (κ2) is 4.58. The van der Waals surface area contributed by atoms with Crippen LogP contribution in [0.4, 0.5) is 0 Å². The second-order valence-corrected chi connectivity index (χ2v) is 4.18. The lowest BCUT2D eigenvalue weighted by Crippen LogP contribution is -1.97. The summed E-state index contributed by atoms with van der Waals surface area (Å²) in [5, 5.41) is 0.282. The highest BCUT2D eigenvalue weighted by Crippen LogP contribution is 2.21. The van der Waals surface area contributed by atoms with Gasteiger partial charge >= 0.3 is 0 Å². The van der Waals surface area contributed by atoms with Gasteiger partial charge in [0.05, 0.1) is 5.69 Å². The normalized spacial score (nSPS) is 10.8. The Bertz CT molecular complexity index is 483. The summed E-state index contributed by atoms with van der Waals surface area (Å²) >= 11 is 5.90. The molecule has 0 saturated carbocycles. The standard InChI is InChI=1S/C12H12ClN3/c1-8(2)10-6-11(16-12(13)15-10)9-4-3-5-14-7-9/h3-8H,1-2H3. The van der Waals surface area contributed by atoms with Crippen molar-refractivity contribution in [3.8, 4) is 11.3 Å². The van der Waals surface area contributed by atoms with Crippen LogP contribution in [-0.4, -0.2) is 15.0 Å². The minimum atomic E-state index is 0.282. The van der Waals surface area contributed by atoms with Gasteiger partial charge in [-0.05, 0) is 35.7 Å². The number of hydrogen-bond donors (Lipinski definition) is 0. The van der Waals surface area contributed by atoms with E-state index in [-0.39, 0.29) is 5.28 Å². The Morgan fingerprint density at radius 1 is 1.25 bits per heavy atom. The van der Waals surface area contributed by atoms with E-state index in [1.165, 1.54) is 0 Å². The molecular formula is C12H12ClN3. The van der Waals surface area contributed by atoms with Crippen molar-refractivity contribution < 1.29 is 0 Å². The molecule has 0 aromatic carbocycles. The fraction of sp³-hybridized carbons (Fsp3) is 0.250. The van der Waals surface area contributed by atoms with Crippen LogP contribution in [0, 0.1) is 0 Å². The Morgan fingerprint density at radius 2 is 2.06 bits per heavy atom. The minimum Gasteiger partial charge on any atom is -0.264 e. The molecule has 4 heteroatoms. The number of pyridine rings is 1. The molecule has 0 saturated heterocycles. The lowest BCUT2D eigenvalue weighted by Gasteiger charge is -2.07. The van der Waals surface area contributed by atoms with E-state index in [0.717, 1.165) is 17.0 Å². The van der Waals surface area contributed by atoms with Crippen molar-refractivity contribution in [2.45, 2.75) is 19.8 Å². The third-order valence-corrected chi connectivity index (χ3v) is 2.44. The molecule has 0 aliphatic carbocycles. The Balaban J connectivity index is 2.50. The third kappa shape index (κ3) is 2.36. The van der Waals surface area contributed by atoms with Gasteiger partial charge in [0, 0.05) is 23.7 Å². The molecule has 2 heterocycles. The van der Waals surface area contributed by atoms with E-state index in [1.54, 1.807) is 12.4 Å². The number of rotatable bonds is 2. The molecule has 82 valence electrons. The third-order valence-electron chi connectivity index (χ3n) is 2.27. The predicted molar refractivity (Wildman–Crippen MR) is 64.4 cm³/mol. The van der Waals surface area contributed by atoms with Gasteiger partial charge in [-0.2, -0.15) is 0 Å². The summed E-state index contributed by atoms with van der Waals surface area (Å²) in [6, 6.07) is 5.78. The molecule has 0 N–H and O–H groups in total.